The fourth-order valence-electron chi connectivity index (χ4n) is 3.14. The van der Waals surface area contributed by atoms with Gasteiger partial charge < -0.3 is 19.2 Å². The summed E-state index contributed by atoms with van der Waals surface area (Å²) in [7, 11) is -4.53. The smallest absolute Gasteiger partial charge is 0.496 e. The van der Waals surface area contributed by atoms with Gasteiger partial charge in [-0.15, -0.1) is 0 Å². The van der Waals surface area contributed by atoms with Gasteiger partial charge in [-0.3, -0.25) is 4.79 Å². The molecule has 0 saturated carbocycles. The van der Waals surface area contributed by atoms with Crippen molar-refractivity contribution in [2.45, 2.75) is 18.3 Å². The van der Waals surface area contributed by atoms with Crippen molar-refractivity contribution in [3.63, 3.8) is 0 Å². The summed E-state index contributed by atoms with van der Waals surface area (Å²) in [5.74, 6) is -0.581. The molecular weight excluding hydrogens is 427 g/mol. The highest BCUT2D eigenvalue weighted by atomic mass is 32.2. The third-order valence-electron chi connectivity index (χ3n) is 4.69. The van der Waals surface area contributed by atoms with Crippen LogP contribution < -0.4 is 14.2 Å². The predicted molar refractivity (Wildman–Crippen MR) is 101 cm³/mol. The maximum absolute atomic E-state index is 12.5. The number of rotatable bonds is 4. The van der Waals surface area contributed by atoms with Crippen molar-refractivity contribution in [1.29, 1.82) is 0 Å². The molecule has 0 saturated heterocycles. The minimum atomic E-state index is -5.80. The van der Waals surface area contributed by atoms with Crippen LogP contribution in [-0.4, -0.2) is 36.9 Å². The van der Waals surface area contributed by atoms with E-state index < -0.39 is 21.4 Å². The van der Waals surface area contributed by atoms with E-state index in [0.717, 1.165) is 17.7 Å². The first-order chi connectivity index (χ1) is 14.0. The number of nitrogens with one attached hydrogen (secondary N) is 2. The van der Waals surface area contributed by atoms with E-state index in [1.807, 2.05) is 0 Å². The highest BCUT2D eigenvalue weighted by molar-refractivity contribution is 7.88. The second kappa shape index (κ2) is 6.62. The number of fused-ring (bicyclic) bond motifs is 2. The molecule has 0 radical (unpaired) electrons. The fraction of sp³-hybridized carbons (Fsp3) is 0.222. The number of hydrogen-bond donors (Lipinski definition) is 2. The SMILES string of the molecule is COc1cc(OS(=O)(=O)C(F)(F)F)ccc1-c1nc2cc3c(cc2[nH]1)NC(=O)C3C. The van der Waals surface area contributed by atoms with Crippen LogP contribution in [0.1, 0.15) is 18.4 Å². The number of aromatic nitrogens is 2. The van der Waals surface area contributed by atoms with Crippen LogP contribution in [0.15, 0.2) is 30.3 Å². The summed E-state index contributed by atoms with van der Waals surface area (Å²) in [6.45, 7) is 1.78. The van der Waals surface area contributed by atoms with Gasteiger partial charge in [0.2, 0.25) is 5.91 Å². The first-order valence-electron chi connectivity index (χ1n) is 8.54. The Hall–Kier alpha value is -3.28. The number of nitrogens with zero attached hydrogens (tertiary/aromatic N) is 1. The number of ether oxygens (including phenoxy) is 1. The van der Waals surface area contributed by atoms with E-state index in [-0.39, 0.29) is 17.6 Å². The lowest BCUT2D eigenvalue weighted by atomic mass is 10.0. The summed E-state index contributed by atoms with van der Waals surface area (Å²) in [5.41, 5.74) is -2.50. The molecule has 2 N–H and O–H groups in total. The van der Waals surface area contributed by atoms with Crippen molar-refractivity contribution in [3.8, 4) is 22.9 Å². The van der Waals surface area contributed by atoms with Crippen LogP contribution in [0, 0.1) is 0 Å². The molecule has 4 rings (SSSR count). The number of hydrogen-bond acceptors (Lipinski definition) is 6. The van der Waals surface area contributed by atoms with Crippen LogP contribution in [0.4, 0.5) is 18.9 Å². The fourth-order valence-corrected chi connectivity index (χ4v) is 3.59. The number of methoxy groups -OCH3 is 1. The number of amides is 1. The van der Waals surface area contributed by atoms with Crippen molar-refractivity contribution in [2.24, 2.45) is 0 Å². The maximum atomic E-state index is 12.5. The van der Waals surface area contributed by atoms with E-state index in [4.69, 9.17) is 4.74 Å². The van der Waals surface area contributed by atoms with Crippen LogP contribution in [-0.2, 0) is 14.9 Å². The second-order valence-electron chi connectivity index (χ2n) is 6.60. The summed E-state index contributed by atoms with van der Waals surface area (Å²) < 4.78 is 69.3. The Morgan fingerprint density at radius 3 is 2.57 bits per heavy atom. The van der Waals surface area contributed by atoms with Crippen molar-refractivity contribution in [1.82, 2.24) is 9.97 Å². The third kappa shape index (κ3) is 3.22. The third-order valence-corrected chi connectivity index (χ3v) is 5.67. The molecule has 1 aliphatic heterocycles. The van der Waals surface area contributed by atoms with Crippen LogP contribution in [0.2, 0.25) is 0 Å². The zero-order valence-corrected chi connectivity index (χ0v) is 16.3. The van der Waals surface area contributed by atoms with Gasteiger partial charge in [-0.1, -0.05) is 0 Å². The zero-order chi connectivity index (χ0) is 21.8. The van der Waals surface area contributed by atoms with Crippen molar-refractivity contribution in [2.75, 3.05) is 12.4 Å². The highest BCUT2D eigenvalue weighted by Crippen LogP contribution is 2.38. The minimum Gasteiger partial charge on any atom is -0.496 e. The summed E-state index contributed by atoms with van der Waals surface area (Å²) in [4.78, 5) is 19.3. The molecule has 0 bridgehead atoms. The maximum Gasteiger partial charge on any atom is 0.534 e. The number of carbonyl (C=O) groups is 1. The lowest BCUT2D eigenvalue weighted by molar-refractivity contribution is -0.116. The Labute approximate surface area is 168 Å². The molecule has 2 heterocycles. The first-order valence-corrected chi connectivity index (χ1v) is 9.94. The summed E-state index contributed by atoms with van der Waals surface area (Å²) in [6, 6.07) is 6.93. The van der Waals surface area contributed by atoms with Gasteiger partial charge in [0.15, 0.2) is 0 Å². The van der Waals surface area contributed by atoms with E-state index >= 15 is 0 Å². The molecule has 1 amide bonds. The summed E-state index contributed by atoms with van der Waals surface area (Å²) in [6.07, 6.45) is 0. The van der Waals surface area contributed by atoms with Gasteiger partial charge >= 0.3 is 15.6 Å². The summed E-state index contributed by atoms with van der Waals surface area (Å²) >= 11 is 0. The number of H-pyrrole nitrogens is 1. The predicted octanol–water partition coefficient (Wildman–Crippen LogP) is 3.52. The molecule has 30 heavy (non-hydrogen) atoms. The second-order valence-corrected chi connectivity index (χ2v) is 8.14. The molecule has 2 aromatic carbocycles. The molecule has 1 atom stereocenters. The molecule has 3 aromatic rings. The van der Waals surface area contributed by atoms with E-state index in [1.54, 1.807) is 19.1 Å². The molecule has 158 valence electrons. The van der Waals surface area contributed by atoms with Crippen molar-refractivity contribution >= 4 is 32.7 Å². The van der Waals surface area contributed by atoms with Gasteiger partial charge in [0.1, 0.15) is 17.3 Å². The van der Waals surface area contributed by atoms with E-state index in [1.165, 1.54) is 13.2 Å². The van der Waals surface area contributed by atoms with Gasteiger partial charge in [-0.2, -0.15) is 21.6 Å². The topological polar surface area (TPSA) is 110 Å². The van der Waals surface area contributed by atoms with Crippen LogP contribution >= 0.6 is 0 Å². The zero-order valence-electron chi connectivity index (χ0n) is 15.5. The van der Waals surface area contributed by atoms with Gasteiger partial charge in [-0.05, 0) is 36.8 Å². The molecule has 1 aromatic heterocycles. The number of carbonyl (C=O) groups excluding carboxylic acids is 1. The van der Waals surface area contributed by atoms with Gasteiger partial charge in [0.25, 0.3) is 0 Å². The van der Waals surface area contributed by atoms with Gasteiger partial charge in [-0.25, -0.2) is 4.98 Å². The average Bonchev–Trinajstić information content (AvgIpc) is 3.19. The minimum absolute atomic E-state index is 0.0538. The molecule has 8 nitrogen and oxygen atoms in total. The van der Waals surface area contributed by atoms with Crippen molar-refractivity contribution in [3.05, 3.63) is 35.9 Å². The molecule has 0 fully saturated rings. The Morgan fingerprint density at radius 1 is 1.17 bits per heavy atom. The highest BCUT2D eigenvalue weighted by Gasteiger charge is 2.48. The number of alkyl halides is 3. The summed E-state index contributed by atoms with van der Waals surface area (Å²) in [5, 5.41) is 2.78. The standard InChI is InChI=1S/C18H14F3N3O5S/c1-8-11-6-13-14(7-12(11)24-17(8)25)23-16(22-13)10-4-3-9(5-15(10)28-2)29-30(26,27)18(19,20)21/h3-8H,1-2H3,(H,22,23)(H,24,25). The Kier molecular flexibility index (Phi) is 4.42. The number of aromatic amines is 1. The normalized spacial score (nSPS) is 16.4. The first kappa shape index (κ1) is 20.0. The van der Waals surface area contributed by atoms with Crippen LogP contribution in [0.3, 0.4) is 0 Å². The quantitative estimate of drug-likeness (QED) is 0.474. The van der Waals surface area contributed by atoms with Gasteiger partial charge in [0.05, 0.1) is 29.6 Å². The number of imidazole rings is 1. The monoisotopic (exact) mass is 441 g/mol. The molecule has 1 aliphatic rings. The Bertz CT molecular complexity index is 1280. The number of anilines is 1. The van der Waals surface area contributed by atoms with E-state index in [2.05, 4.69) is 19.5 Å². The molecule has 0 aliphatic carbocycles. The molecule has 12 heteroatoms. The van der Waals surface area contributed by atoms with Crippen molar-refractivity contribution < 1.29 is 35.3 Å². The Morgan fingerprint density at radius 2 is 1.90 bits per heavy atom. The largest absolute Gasteiger partial charge is 0.534 e. The Balaban J connectivity index is 1.72. The molecule has 1 unspecified atom stereocenters. The van der Waals surface area contributed by atoms with E-state index in [0.29, 0.717) is 28.1 Å². The molecule has 0 spiro atoms. The van der Waals surface area contributed by atoms with Crippen LogP contribution in [0.25, 0.3) is 22.4 Å². The van der Waals surface area contributed by atoms with E-state index in [9.17, 15) is 26.4 Å². The lowest BCUT2D eigenvalue weighted by Crippen LogP contribution is -2.28. The number of halogens is 3. The van der Waals surface area contributed by atoms with Gasteiger partial charge in [0, 0.05) is 11.8 Å². The van der Waals surface area contributed by atoms with Crippen LogP contribution in [0.5, 0.6) is 11.5 Å². The average molecular weight is 441 g/mol. The lowest BCUT2D eigenvalue weighted by Gasteiger charge is -2.12. The number of benzene rings is 2. The molecular formula is C18H14F3N3O5S.